The molecule has 5 nitrogen and oxygen atoms in total. The van der Waals surface area contributed by atoms with Gasteiger partial charge in [-0.2, -0.15) is 0 Å². The second-order valence-corrected chi connectivity index (χ2v) is 7.47. The second-order valence-electron chi connectivity index (χ2n) is 6.56. The predicted molar refractivity (Wildman–Crippen MR) is 106 cm³/mol. The summed E-state index contributed by atoms with van der Waals surface area (Å²) >= 11 is 3.42. The smallest absolute Gasteiger partial charge is 0.251 e. The Morgan fingerprint density at radius 3 is 2.19 bits per heavy atom. The van der Waals surface area contributed by atoms with E-state index >= 15 is 0 Å². The molecular formula is C21H21BrN2O3. The van der Waals surface area contributed by atoms with Crippen LogP contribution < -0.4 is 5.32 Å². The van der Waals surface area contributed by atoms with Crippen LogP contribution in [0.1, 0.15) is 53.7 Å². The number of benzene rings is 2. The molecule has 1 fully saturated rings. The SMILES string of the molecule is CC[C@@H](NC(=O)c1ccc(CN2C(=O)CCC2=O)cc1)c1ccc(Br)cc1. The van der Waals surface area contributed by atoms with Gasteiger partial charge in [-0.05, 0) is 41.8 Å². The number of likely N-dealkylation sites (tertiary alicyclic amines) is 1. The molecule has 0 saturated carbocycles. The van der Waals surface area contributed by atoms with Gasteiger partial charge in [0.2, 0.25) is 11.8 Å². The van der Waals surface area contributed by atoms with E-state index in [1.807, 2.05) is 31.2 Å². The molecule has 1 saturated heterocycles. The lowest BCUT2D eigenvalue weighted by Crippen LogP contribution is -2.29. The molecule has 0 aliphatic carbocycles. The molecule has 3 amide bonds. The van der Waals surface area contributed by atoms with E-state index in [0.717, 1.165) is 22.0 Å². The number of imide groups is 1. The Morgan fingerprint density at radius 1 is 1.04 bits per heavy atom. The quantitative estimate of drug-likeness (QED) is 0.707. The highest BCUT2D eigenvalue weighted by Gasteiger charge is 2.28. The average molecular weight is 429 g/mol. The van der Waals surface area contributed by atoms with Gasteiger partial charge in [-0.3, -0.25) is 19.3 Å². The summed E-state index contributed by atoms with van der Waals surface area (Å²) in [5.41, 5.74) is 2.43. The highest BCUT2D eigenvalue weighted by atomic mass is 79.9. The van der Waals surface area contributed by atoms with Crippen molar-refractivity contribution in [3.63, 3.8) is 0 Å². The number of nitrogens with zero attached hydrogens (tertiary/aromatic N) is 1. The normalized spacial score (nSPS) is 15.1. The van der Waals surface area contributed by atoms with E-state index in [0.29, 0.717) is 5.56 Å². The van der Waals surface area contributed by atoms with Crippen LogP contribution in [0.4, 0.5) is 0 Å². The van der Waals surface area contributed by atoms with E-state index in [-0.39, 0.29) is 43.1 Å². The number of halogens is 1. The Balaban J connectivity index is 1.65. The summed E-state index contributed by atoms with van der Waals surface area (Å²) < 4.78 is 0.998. The van der Waals surface area contributed by atoms with Gasteiger partial charge in [0, 0.05) is 22.9 Å². The van der Waals surface area contributed by atoms with Crippen LogP contribution in [0.2, 0.25) is 0 Å². The first-order chi connectivity index (χ1) is 13.0. The number of rotatable bonds is 6. The van der Waals surface area contributed by atoms with Gasteiger partial charge in [0.1, 0.15) is 0 Å². The number of amides is 3. The molecule has 1 atom stereocenters. The van der Waals surface area contributed by atoms with Crippen molar-refractivity contribution in [2.24, 2.45) is 0 Å². The highest BCUT2D eigenvalue weighted by Crippen LogP contribution is 2.20. The fraction of sp³-hybridized carbons (Fsp3) is 0.286. The van der Waals surface area contributed by atoms with Crippen molar-refractivity contribution < 1.29 is 14.4 Å². The summed E-state index contributed by atoms with van der Waals surface area (Å²) in [6, 6.07) is 14.9. The molecular weight excluding hydrogens is 408 g/mol. The molecule has 140 valence electrons. The van der Waals surface area contributed by atoms with Gasteiger partial charge in [-0.25, -0.2) is 0 Å². The molecule has 6 heteroatoms. The first-order valence-corrected chi connectivity index (χ1v) is 9.75. The predicted octanol–water partition coefficient (Wildman–Crippen LogP) is 3.98. The molecule has 3 rings (SSSR count). The van der Waals surface area contributed by atoms with Crippen molar-refractivity contribution in [1.29, 1.82) is 0 Å². The van der Waals surface area contributed by atoms with Gasteiger partial charge in [-0.15, -0.1) is 0 Å². The molecule has 2 aromatic carbocycles. The van der Waals surface area contributed by atoms with Crippen molar-refractivity contribution in [1.82, 2.24) is 10.2 Å². The number of hydrogen-bond acceptors (Lipinski definition) is 3. The van der Waals surface area contributed by atoms with E-state index in [2.05, 4.69) is 21.2 Å². The first kappa shape index (κ1) is 19.3. The van der Waals surface area contributed by atoms with Crippen molar-refractivity contribution >= 4 is 33.7 Å². The standard InChI is InChI=1S/C21H21BrN2O3/c1-2-18(15-7-9-17(22)10-8-15)23-21(27)16-5-3-14(4-6-16)13-24-19(25)11-12-20(24)26/h3-10,18H,2,11-13H2,1H3,(H,23,27)/t18-/m1/s1. The number of hydrogen-bond donors (Lipinski definition) is 1. The van der Waals surface area contributed by atoms with E-state index in [9.17, 15) is 14.4 Å². The minimum absolute atomic E-state index is 0.0647. The Labute approximate surface area is 166 Å². The van der Waals surface area contributed by atoms with Crippen LogP contribution in [0.5, 0.6) is 0 Å². The third-order valence-corrected chi connectivity index (χ3v) is 5.23. The fourth-order valence-electron chi connectivity index (χ4n) is 3.10. The lowest BCUT2D eigenvalue weighted by atomic mass is 10.0. The zero-order valence-corrected chi connectivity index (χ0v) is 16.7. The van der Waals surface area contributed by atoms with Crippen LogP contribution in [0.3, 0.4) is 0 Å². The third kappa shape index (κ3) is 4.63. The minimum atomic E-state index is -0.148. The fourth-order valence-corrected chi connectivity index (χ4v) is 3.37. The van der Waals surface area contributed by atoms with Crippen molar-refractivity contribution in [2.75, 3.05) is 0 Å². The summed E-state index contributed by atoms with van der Waals surface area (Å²) in [4.78, 5) is 37.3. The summed E-state index contributed by atoms with van der Waals surface area (Å²) in [5.74, 6) is -0.422. The van der Waals surface area contributed by atoms with E-state index in [1.54, 1.807) is 24.3 Å². The molecule has 1 N–H and O–H groups in total. The molecule has 0 aromatic heterocycles. The van der Waals surface area contributed by atoms with Gasteiger partial charge in [0.15, 0.2) is 0 Å². The summed E-state index contributed by atoms with van der Waals surface area (Å²) in [6.07, 6.45) is 1.35. The lowest BCUT2D eigenvalue weighted by molar-refractivity contribution is -0.139. The van der Waals surface area contributed by atoms with Crippen LogP contribution >= 0.6 is 15.9 Å². The first-order valence-electron chi connectivity index (χ1n) is 8.96. The average Bonchev–Trinajstić information content (AvgIpc) is 2.99. The molecule has 1 aliphatic heterocycles. The Bertz CT molecular complexity index is 831. The van der Waals surface area contributed by atoms with Crippen LogP contribution in [0.25, 0.3) is 0 Å². The zero-order valence-electron chi connectivity index (χ0n) is 15.1. The molecule has 27 heavy (non-hydrogen) atoms. The van der Waals surface area contributed by atoms with Gasteiger partial charge in [-0.1, -0.05) is 47.1 Å². The topological polar surface area (TPSA) is 66.5 Å². The van der Waals surface area contributed by atoms with E-state index in [1.165, 1.54) is 4.90 Å². The Hall–Kier alpha value is -2.47. The maximum atomic E-state index is 12.6. The van der Waals surface area contributed by atoms with Crippen LogP contribution in [0.15, 0.2) is 53.0 Å². The maximum absolute atomic E-state index is 12.6. The molecule has 1 aliphatic rings. The van der Waals surface area contributed by atoms with Crippen LogP contribution in [-0.2, 0) is 16.1 Å². The van der Waals surface area contributed by atoms with Crippen molar-refractivity contribution in [3.05, 3.63) is 69.7 Å². The van der Waals surface area contributed by atoms with E-state index < -0.39 is 0 Å². The third-order valence-electron chi connectivity index (χ3n) is 4.70. The van der Waals surface area contributed by atoms with E-state index in [4.69, 9.17) is 0 Å². The van der Waals surface area contributed by atoms with Crippen molar-refractivity contribution in [2.45, 2.75) is 38.8 Å². The monoisotopic (exact) mass is 428 g/mol. The zero-order chi connectivity index (χ0) is 19.4. The molecule has 2 aromatic rings. The number of nitrogens with one attached hydrogen (secondary N) is 1. The van der Waals surface area contributed by atoms with Gasteiger partial charge < -0.3 is 5.32 Å². The van der Waals surface area contributed by atoms with Crippen LogP contribution in [0, 0.1) is 0 Å². The highest BCUT2D eigenvalue weighted by molar-refractivity contribution is 9.10. The molecule has 0 bridgehead atoms. The lowest BCUT2D eigenvalue weighted by Gasteiger charge is -2.18. The summed E-state index contributed by atoms with van der Waals surface area (Å²) in [5, 5.41) is 3.05. The Kier molecular flexibility index (Phi) is 6.06. The van der Waals surface area contributed by atoms with Crippen LogP contribution in [-0.4, -0.2) is 22.6 Å². The number of carbonyl (C=O) groups excluding carboxylic acids is 3. The second kappa shape index (κ2) is 8.48. The molecule has 1 heterocycles. The Morgan fingerprint density at radius 2 is 1.63 bits per heavy atom. The van der Waals surface area contributed by atoms with Gasteiger partial charge in [0.05, 0.1) is 12.6 Å². The van der Waals surface area contributed by atoms with Gasteiger partial charge >= 0.3 is 0 Å². The summed E-state index contributed by atoms with van der Waals surface area (Å²) in [6.45, 7) is 2.29. The van der Waals surface area contributed by atoms with Gasteiger partial charge in [0.25, 0.3) is 5.91 Å². The summed E-state index contributed by atoms with van der Waals surface area (Å²) in [7, 11) is 0. The minimum Gasteiger partial charge on any atom is -0.345 e. The van der Waals surface area contributed by atoms with Crippen molar-refractivity contribution in [3.8, 4) is 0 Å². The number of carbonyl (C=O) groups is 3. The molecule has 0 unspecified atom stereocenters. The molecule has 0 spiro atoms. The molecule has 0 radical (unpaired) electrons. The maximum Gasteiger partial charge on any atom is 0.251 e. The largest absolute Gasteiger partial charge is 0.345 e.